The lowest BCUT2D eigenvalue weighted by atomic mass is 9.99. The second-order valence-corrected chi connectivity index (χ2v) is 10.9. The van der Waals surface area contributed by atoms with E-state index < -0.39 is 0 Å². The van der Waals surface area contributed by atoms with Crippen molar-refractivity contribution in [2.75, 3.05) is 13.1 Å². The van der Waals surface area contributed by atoms with Crippen LogP contribution in [0.2, 0.25) is 5.02 Å². The van der Waals surface area contributed by atoms with Crippen LogP contribution in [0.15, 0.2) is 29.6 Å². The molecule has 6 rings (SSSR count). The van der Waals surface area contributed by atoms with E-state index in [0.717, 1.165) is 34.7 Å². The molecule has 4 nitrogen and oxygen atoms in total. The van der Waals surface area contributed by atoms with Gasteiger partial charge in [-0.2, -0.15) is 0 Å². The minimum absolute atomic E-state index is 0.401. The van der Waals surface area contributed by atoms with Crippen LogP contribution in [-0.2, 0) is 0 Å². The molecule has 2 saturated heterocycles. The Labute approximate surface area is 193 Å². The fourth-order valence-corrected chi connectivity index (χ4v) is 6.90. The van der Waals surface area contributed by atoms with Crippen molar-refractivity contribution in [1.29, 1.82) is 0 Å². The molecule has 162 valence electrons. The summed E-state index contributed by atoms with van der Waals surface area (Å²) in [6.45, 7) is 6.64. The number of benzene rings is 1. The minimum atomic E-state index is 0.401. The molecule has 5 atom stereocenters. The van der Waals surface area contributed by atoms with Crippen LogP contribution in [0.1, 0.15) is 73.1 Å². The van der Waals surface area contributed by atoms with Gasteiger partial charge in [0.05, 0.1) is 5.69 Å². The average molecular weight is 453 g/mol. The van der Waals surface area contributed by atoms with Gasteiger partial charge in [-0.05, 0) is 74.1 Å². The van der Waals surface area contributed by atoms with E-state index in [9.17, 15) is 0 Å². The molecule has 3 aliphatic rings. The van der Waals surface area contributed by atoms with Crippen LogP contribution >= 0.6 is 22.9 Å². The first-order chi connectivity index (χ1) is 15.1. The normalized spacial score (nSPS) is 29.3. The maximum Gasteiger partial charge on any atom is 0.127 e. The molecule has 1 aliphatic carbocycles. The van der Waals surface area contributed by atoms with Crippen LogP contribution in [0, 0.1) is 6.92 Å². The Morgan fingerprint density at radius 2 is 2.00 bits per heavy atom. The van der Waals surface area contributed by atoms with E-state index >= 15 is 0 Å². The van der Waals surface area contributed by atoms with Crippen molar-refractivity contribution in [3.05, 3.63) is 57.3 Å². The number of rotatable bonds is 4. The fourth-order valence-electron chi connectivity index (χ4n) is 5.75. The van der Waals surface area contributed by atoms with Crippen molar-refractivity contribution < 1.29 is 0 Å². The van der Waals surface area contributed by atoms with Gasteiger partial charge in [0.15, 0.2) is 0 Å². The summed E-state index contributed by atoms with van der Waals surface area (Å²) in [5, 5.41) is 8.04. The largest absolute Gasteiger partial charge is 0.310 e. The van der Waals surface area contributed by atoms with E-state index in [2.05, 4.69) is 51.8 Å². The van der Waals surface area contributed by atoms with Gasteiger partial charge in [0.25, 0.3) is 0 Å². The van der Waals surface area contributed by atoms with Gasteiger partial charge in [0.2, 0.25) is 0 Å². The highest BCUT2D eigenvalue weighted by Gasteiger charge is 2.43. The van der Waals surface area contributed by atoms with Gasteiger partial charge in [-0.1, -0.05) is 23.7 Å². The van der Waals surface area contributed by atoms with Crippen LogP contribution in [0.25, 0.3) is 10.2 Å². The molecule has 31 heavy (non-hydrogen) atoms. The predicted molar refractivity (Wildman–Crippen MR) is 128 cm³/mol. The average Bonchev–Trinajstić information content (AvgIpc) is 3.24. The zero-order valence-electron chi connectivity index (χ0n) is 18.1. The van der Waals surface area contributed by atoms with Crippen molar-refractivity contribution in [3.63, 3.8) is 0 Å². The van der Waals surface area contributed by atoms with Gasteiger partial charge >= 0.3 is 0 Å². The molecule has 4 heterocycles. The third kappa shape index (κ3) is 3.70. The van der Waals surface area contributed by atoms with Gasteiger partial charge in [0, 0.05) is 47.5 Å². The maximum absolute atomic E-state index is 6.86. The molecule has 0 spiro atoms. The first-order valence-electron chi connectivity index (χ1n) is 11.6. The molecular weight excluding hydrogens is 424 g/mol. The van der Waals surface area contributed by atoms with Crippen LogP contribution in [0.4, 0.5) is 0 Å². The quantitative estimate of drug-likeness (QED) is 0.542. The highest BCUT2D eigenvalue weighted by Crippen LogP contribution is 2.57. The number of fused-ring (bicyclic) bond motifs is 3. The lowest BCUT2D eigenvalue weighted by molar-refractivity contribution is 0.200. The van der Waals surface area contributed by atoms with Crippen molar-refractivity contribution >= 4 is 33.2 Å². The Morgan fingerprint density at radius 3 is 2.87 bits per heavy atom. The lowest BCUT2D eigenvalue weighted by Crippen LogP contribution is -2.36. The van der Waals surface area contributed by atoms with E-state index in [1.807, 2.05) is 6.92 Å². The summed E-state index contributed by atoms with van der Waals surface area (Å²) in [5.41, 5.74) is 3.81. The van der Waals surface area contributed by atoms with Crippen LogP contribution in [-0.4, -0.2) is 40.0 Å². The van der Waals surface area contributed by atoms with Gasteiger partial charge in [-0.15, -0.1) is 11.3 Å². The zero-order valence-corrected chi connectivity index (χ0v) is 19.7. The standard InChI is InChI=1S/C25H29ClN4S/c1-14(30-9-7-17-4-5-18(13-30)29-17)16-3-6-19(23(26)11-16)21-12-22(21)24-20-8-10-31-25(20)28-15(2)27-24/h3,6,8,10-11,14,17-18,21-22,29H,4-5,7,9,12-13H2,1-2H3/t14-,17-,18+,21+,22-/m0/s1. The number of thiophene rings is 1. The highest BCUT2D eigenvalue weighted by atomic mass is 35.5. The Bertz CT molecular complexity index is 1130. The molecule has 1 N–H and O–H groups in total. The molecule has 0 amide bonds. The van der Waals surface area contributed by atoms with Crippen molar-refractivity contribution in [2.24, 2.45) is 0 Å². The molecule has 3 fully saturated rings. The number of likely N-dealkylation sites (tertiary alicyclic amines) is 1. The Balaban J connectivity index is 1.21. The smallest absolute Gasteiger partial charge is 0.127 e. The summed E-state index contributed by atoms with van der Waals surface area (Å²) in [6.07, 6.45) is 5.04. The Morgan fingerprint density at radius 1 is 1.13 bits per heavy atom. The summed E-state index contributed by atoms with van der Waals surface area (Å²) in [6, 6.07) is 10.8. The van der Waals surface area contributed by atoms with E-state index in [1.165, 1.54) is 48.0 Å². The van der Waals surface area contributed by atoms with Gasteiger partial charge in [0.1, 0.15) is 10.7 Å². The molecule has 2 aromatic heterocycles. The number of halogens is 1. The molecule has 1 aromatic carbocycles. The number of hydrogen-bond donors (Lipinski definition) is 1. The van der Waals surface area contributed by atoms with E-state index in [4.69, 9.17) is 16.6 Å². The van der Waals surface area contributed by atoms with Crippen molar-refractivity contribution in [1.82, 2.24) is 20.2 Å². The Kier molecular flexibility index (Phi) is 5.06. The van der Waals surface area contributed by atoms with Gasteiger partial charge in [-0.25, -0.2) is 9.97 Å². The van der Waals surface area contributed by atoms with Crippen LogP contribution in [0.3, 0.4) is 0 Å². The van der Waals surface area contributed by atoms with Crippen LogP contribution in [0.5, 0.6) is 0 Å². The van der Waals surface area contributed by atoms with E-state index in [-0.39, 0.29) is 0 Å². The topological polar surface area (TPSA) is 41.1 Å². The monoisotopic (exact) mass is 452 g/mol. The zero-order chi connectivity index (χ0) is 21.1. The van der Waals surface area contributed by atoms with Crippen LogP contribution < -0.4 is 5.32 Å². The molecule has 2 aliphatic heterocycles. The van der Waals surface area contributed by atoms with Gasteiger partial charge < -0.3 is 5.32 Å². The first kappa shape index (κ1) is 20.1. The third-order valence-corrected chi connectivity index (χ3v) is 8.75. The molecule has 0 unspecified atom stereocenters. The third-order valence-electron chi connectivity index (χ3n) is 7.62. The molecule has 0 radical (unpaired) electrons. The summed E-state index contributed by atoms with van der Waals surface area (Å²) in [5.74, 6) is 1.78. The second kappa shape index (κ2) is 7.80. The van der Waals surface area contributed by atoms with Crippen molar-refractivity contribution in [2.45, 2.75) is 69.5 Å². The van der Waals surface area contributed by atoms with Gasteiger partial charge in [-0.3, -0.25) is 4.90 Å². The predicted octanol–water partition coefficient (Wildman–Crippen LogP) is 5.81. The van der Waals surface area contributed by atoms with Crippen molar-refractivity contribution in [3.8, 4) is 0 Å². The highest BCUT2D eigenvalue weighted by molar-refractivity contribution is 7.16. The number of hydrogen-bond acceptors (Lipinski definition) is 5. The fraction of sp³-hybridized carbons (Fsp3) is 0.520. The molecule has 6 heteroatoms. The Hall–Kier alpha value is -1.53. The summed E-state index contributed by atoms with van der Waals surface area (Å²) in [4.78, 5) is 13.1. The number of aromatic nitrogens is 2. The number of nitrogens with zero attached hydrogens (tertiary/aromatic N) is 3. The van der Waals surface area contributed by atoms with E-state index in [1.54, 1.807) is 11.3 Å². The maximum atomic E-state index is 6.86. The summed E-state index contributed by atoms with van der Waals surface area (Å²) < 4.78 is 0. The molecule has 2 bridgehead atoms. The molecular formula is C25H29ClN4S. The number of nitrogens with one attached hydrogen (secondary N) is 1. The SMILES string of the molecule is Cc1nc([C@H]2C[C@@H]2c2ccc([C@H](C)N3CC[C@@H]4CC[C@H](C3)N4)cc2Cl)c2ccsc2n1. The van der Waals surface area contributed by atoms with E-state index in [0.29, 0.717) is 23.9 Å². The second-order valence-electron chi connectivity index (χ2n) is 9.62. The summed E-state index contributed by atoms with van der Waals surface area (Å²) in [7, 11) is 0. The summed E-state index contributed by atoms with van der Waals surface area (Å²) >= 11 is 8.56. The first-order valence-corrected chi connectivity index (χ1v) is 12.8. The molecule has 1 saturated carbocycles. The minimum Gasteiger partial charge on any atom is -0.310 e. The molecule has 3 aromatic rings. The lowest BCUT2D eigenvalue weighted by Gasteiger charge is -2.31. The number of aryl methyl sites for hydroxylation is 1.